The molecule has 3 heteroatoms. The second-order valence-electron chi connectivity index (χ2n) is 3.94. The van der Waals surface area contributed by atoms with Crippen LogP contribution in [0.5, 0.6) is 0 Å². The Morgan fingerprint density at radius 2 is 1.76 bits per heavy atom. The number of nitrogens with two attached hydrogens (primary N) is 1. The van der Waals surface area contributed by atoms with Crippen LogP contribution < -0.4 is 5.73 Å². The molecule has 2 N–H and O–H groups in total. The lowest BCUT2D eigenvalue weighted by Gasteiger charge is -2.13. The van der Waals surface area contributed by atoms with E-state index in [0.29, 0.717) is 16.5 Å². The van der Waals surface area contributed by atoms with Crippen LogP contribution in [0.25, 0.3) is 0 Å². The summed E-state index contributed by atoms with van der Waals surface area (Å²) in [6.07, 6.45) is 0.633. The van der Waals surface area contributed by atoms with Gasteiger partial charge < -0.3 is 5.73 Å². The summed E-state index contributed by atoms with van der Waals surface area (Å²) in [5, 5.41) is 0. The summed E-state index contributed by atoms with van der Waals surface area (Å²) in [6.45, 7) is 0. The molecule has 0 spiro atoms. The van der Waals surface area contributed by atoms with Crippen LogP contribution in [0.3, 0.4) is 0 Å². The summed E-state index contributed by atoms with van der Waals surface area (Å²) in [5.74, 6) is -0.268. The van der Waals surface area contributed by atoms with Crippen LogP contribution in [-0.4, -0.2) is 0 Å². The highest BCUT2D eigenvalue weighted by Gasteiger charge is 2.13. The van der Waals surface area contributed by atoms with Crippen molar-refractivity contribution in [2.45, 2.75) is 12.5 Å². The van der Waals surface area contributed by atoms with E-state index in [9.17, 15) is 4.39 Å². The topological polar surface area (TPSA) is 26.0 Å². The lowest BCUT2D eigenvalue weighted by molar-refractivity contribution is 0.575. The third-order valence-corrected chi connectivity index (χ3v) is 3.29. The molecule has 2 aromatic rings. The Balaban J connectivity index is 2.20. The molecule has 88 valence electrons. The highest BCUT2D eigenvalue weighted by molar-refractivity contribution is 9.10. The van der Waals surface area contributed by atoms with Gasteiger partial charge in [0, 0.05) is 11.6 Å². The van der Waals surface area contributed by atoms with Crippen molar-refractivity contribution in [3.05, 3.63) is 69.9 Å². The minimum absolute atomic E-state index is 0.268. The van der Waals surface area contributed by atoms with E-state index in [1.54, 1.807) is 18.2 Å². The first-order chi connectivity index (χ1) is 8.18. The van der Waals surface area contributed by atoms with Crippen molar-refractivity contribution in [1.82, 2.24) is 0 Å². The van der Waals surface area contributed by atoms with Gasteiger partial charge in [-0.3, -0.25) is 0 Å². The number of hydrogen-bond donors (Lipinski definition) is 1. The van der Waals surface area contributed by atoms with Crippen LogP contribution in [0.4, 0.5) is 4.39 Å². The second-order valence-corrected chi connectivity index (χ2v) is 4.79. The van der Waals surface area contributed by atoms with Crippen molar-refractivity contribution in [3.63, 3.8) is 0 Å². The first kappa shape index (κ1) is 12.3. The summed E-state index contributed by atoms with van der Waals surface area (Å²) >= 11 is 3.17. The fourth-order valence-corrected chi connectivity index (χ4v) is 2.17. The standard InChI is InChI=1S/C14H13BrFN/c15-12-8-4-7-11(14(12)16)13(17)9-10-5-2-1-3-6-10/h1-8,13H,9,17H2. The summed E-state index contributed by atoms with van der Waals surface area (Å²) < 4.78 is 14.3. The Labute approximate surface area is 109 Å². The molecule has 17 heavy (non-hydrogen) atoms. The van der Waals surface area contributed by atoms with E-state index in [2.05, 4.69) is 15.9 Å². The predicted octanol–water partition coefficient (Wildman–Crippen LogP) is 3.83. The van der Waals surface area contributed by atoms with Crippen LogP contribution in [0, 0.1) is 5.82 Å². The molecule has 1 atom stereocenters. The molecule has 0 amide bonds. The zero-order chi connectivity index (χ0) is 12.3. The molecule has 1 nitrogen and oxygen atoms in total. The van der Waals surface area contributed by atoms with Crippen molar-refractivity contribution in [3.8, 4) is 0 Å². The average molecular weight is 294 g/mol. The Hall–Kier alpha value is -1.19. The quantitative estimate of drug-likeness (QED) is 0.914. The van der Waals surface area contributed by atoms with Crippen LogP contribution in [-0.2, 0) is 6.42 Å². The number of hydrogen-bond acceptors (Lipinski definition) is 1. The predicted molar refractivity (Wildman–Crippen MR) is 71.2 cm³/mol. The van der Waals surface area contributed by atoms with E-state index in [1.165, 1.54) is 0 Å². The highest BCUT2D eigenvalue weighted by atomic mass is 79.9. The fourth-order valence-electron chi connectivity index (χ4n) is 1.78. The van der Waals surface area contributed by atoms with Crippen LogP contribution >= 0.6 is 15.9 Å². The first-order valence-corrected chi connectivity index (χ1v) is 6.21. The van der Waals surface area contributed by atoms with E-state index in [1.807, 2.05) is 30.3 Å². The van der Waals surface area contributed by atoms with Crippen molar-refractivity contribution in [2.24, 2.45) is 5.73 Å². The van der Waals surface area contributed by atoms with Crippen molar-refractivity contribution < 1.29 is 4.39 Å². The number of rotatable bonds is 3. The molecule has 0 aliphatic rings. The number of benzene rings is 2. The first-order valence-electron chi connectivity index (χ1n) is 5.42. The van der Waals surface area contributed by atoms with Gasteiger partial charge in [-0.25, -0.2) is 4.39 Å². The maximum atomic E-state index is 13.8. The van der Waals surface area contributed by atoms with Gasteiger partial charge in [0.2, 0.25) is 0 Å². The van der Waals surface area contributed by atoms with E-state index in [0.717, 1.165) is 5.56 Å². The van der Waals surface area contributed by atoms with Gasteiger partial charge in [-0.1, -0.05) is 42.5 Å². The molecule has 0 fully saturated rings. The molecule has 0 aliphatic carbocycles. The summed E-state index contributed by atoms with van der Waals surface area (Å²) in [5.41, 5.74) is 7.69. The van der Waals surface area contributed by atoms with Crippen LogP contribution in [0.15, 0.2) is 53.0 Å². The zero-order valence-electron chi connectivity index (χ0n) is 9.24. The fraction of sp³-hybridized carbons (Fsp3) is 0.143. The van der Waals surface area contributed by atoms with Gasteiger partial charge in [-0.05, 0) is 34.0 Å². The monoisotopic (exact) mass is 293 g/mol. The maximum Gasteiger partial charge on any atom is 0.142 e. The van der Waals surface area contributed by atoms with E-state index in [-0.39, 0.29) is 11.9 Å². The van der Waals surface area contributed by atoms with E-state index in [4.69, 9.17) is 5.73 Å². The number of halogens is 2. The minimum Gasteiger partial charge on any atom is -0.324 e. The summed E-state index contributed by atoms with van der Waals surface area (Å²) in [7, 11) is 0. The van der Waals surface area contributed by atoms with Gasteiger partial charge in [0.1, 0.15) is 5.82 Å². The Morgan fingerprint density at radius 1 is 1.06 bits per heavy atom. The van der Waals surface area contributed by atoms with Gasteiger partial charge in [0.05, 0.1) is 4.47 Å². The third-order valence-electron chi connectivity index (χ3n) is 2.68. The van der Waals surface area contributed by atoms with Gasteiger partial charge in [0.25, 0.3) is 0 Å². The summed E-state index contributed by atoms with van der Waals surface area (Å²) in [4.78, 5) is 0. The zero-order valence-corrected chi connectivity index (χ0v) is 10.8. The normalized spacial score (nSPS) is 12.4. The SMILES string of the molecule is NC(Cc1ccccc1)c1cccc(Br)c1F. The van der Waals surface area contributed by atoms with Crippen LogP contribution in [0.1, 0.15) is 17.2 Å². The molecule has 1 unspecified atom stereocenters. The Bertz CT molecular complexity index is 499. The molecule has 0 saturated heterocycles. The Kier molecular flexibility index (Phi) is 3.92. The van der Waals surface area contributed by atoms with Gasteiger partial charge in [-0.2, -0.15) is 0 Å². The highest BCUT2D eigenvalue weighted by Crippen LogP contribution is 2.24. The second kappa shape index (κ2) is 5.43. The molecule has 0 radical (unpaired) electrons. The molecule has 2 rings (SSSR count). The molecule has 0 heterocycles. The molecule has 0 aliphatic heterocycles. The largest absolute Gasteiger partial charge is 0.324 e. The third kappa shape index (κ3) is 2.93. The lowest BCUT2D eigenvalue weighted by atomic mass is 9.99. The molecule has 2 aromatic carbocycles. The molecular formula is C14H13BrFN. The van der Waals surface area contributed by atoms with Gasteiger partial charge in [-0.15, -0.1) is 0 Å². The van der Waals surface area contributed by atoms with Crippen molar-refractivity contribution >= 4 is 15.9 Å². The van der Waals surface area contributed by atoms with Crippen molar-refractivity contribution in [1.29, 1.82) is 0 Å². The van der Waals surface area contributed by atoms with E-state index < -0.39 is 0 Å². The molecule has 0 bridgehead atoms. The van der Waals surface area contributed by atoms with Gasteiger partial charge >= 0.3 is 0 Å². The lowest BCUT2D eigenvalue weighted by Crippen LogP contribution is -2.15. The molecule has 0 aromatic heterocycles. The molecular weight excluding hydrogens is 281 g/mol. The smallest absolute Gasteiger partial charge is 0.142 e. The average Bonchev–Trinajstić information content (AvgIpc) is 2.34. The summed E-state index contributed by atoms with van der Waals surface area (Å²) in [6, 6.07) is 14.7. The maximum absolute atomic E-state index is 13.8. The minimum atomic E-state index is -0.324. The molecule has 0 saturated carbocycles. The van der Waals surface area contributed by atoms with Crippen LogP contribution in [0.2, 0.25) is 0 Å². The van der Waals surface area contributed by atoms with E-state index >= 15 is 0 Å². The van der Waals surface area contributed by atoms with Crippen molar-refractivity contribution in [2.75, 3.05) is 0 Å². The Morgan fingerprint density at radius 3 is 2.47 bits per heavy atom. The van der Waals surface area contributed by atoms with Gasteiger partial charge in [0.15, 0.2) is 0 Å².